The summed E-state index contributed by atoms with van der Waals surface area (Å²) in [4.78, 5) is 12.1. The van der Waals surface area contributed by atoms with Gasteiger partial charge in [-0.05, 0) is 56.4 Å². The van der Waals surface area contributed by atoms with E-state index < -0.39 is 0 Å². The molecule has 0 bridgehead atoms. The fourth-order valence-electron chi connectivity index (χ4n) is 4.02. The van der Waals surface area contributed by atoms with E-state index in [-0.39, 0.29) is 6.03 Å². The first kappa shape index (κ1) is 25.6. The van der Waals surface area contributed by atoms with Gasteiger partial charge in [0.05, 0.1) is 18.3 Å². The quantitative estimate of drug-likeness (QED) is 0.298. The van der Waals surface area contributed by atoms with Gasteiger partial charge in [-0.2, -0.15) is 0 Å². The molecule has 6 nitrogen and oxygen atoms in total. The number of benzene rings is 3. The first-order valence-electron chi connectivity index (χ1n) is 11.6. The van der Waals surface area contributed by atoms with Crippen molar-refractivity contribution >= 4 is 22.6 Å². The number of carbonyl (C=O) groups excluding carboxylic acids is 1. The monoisotopic (exact) mass is 470 g/mol. The highest BCUT2D eigenvalue weighted by Gasteiger charge is 2.17. The van der Waals surface area contributed by atoms with Crippen LogP contribution in [0.15, 0.2) is 85.5 Å². The molecule has 0 aliphatic carbocycles. The molecule has 0 aliphatic rings. The Kier molecular flexibility index (Phi) is 9.09. The van der Waals surface area contributed by atoms with E-state index in [1.165, 1.54) is 16.5 Å². The third kappa shape index (κ3) is 6.31. The number of amides is 2. The van der Waals surface area contributed by atoms with Crippen LogP contribution >= 0.6 is 0 Å². The van der Waals surface area contributed by atoms with Gasteiger partial charge in [-0.25, -0.2) is 4.79 Å². The summed E-state index contributed by atoms with van der Waals surface area (Å²) in [6.45, 7) is 6.91. The summed E-state index contributed by atoms with van der Waals surface area (Å²) >= 11 is 0. The van der Waals surface area contributed by atoms with Crippen molar-refractivity contribution in [2.45, 2.75) is 13.5 Å². The van der Waals surface area contributed by atoms with Gasteiger partial charge in [-0.1, -0.05) is 48.5 Å². The van der Waals surface area contributed by atoms with Crippen molar-refractivity contribution in [2.24, 2.45) is 0 Å². The van der Waals surface area contributed by atoms with Crippen LogP contribution in [0, 0.1) is 6.92 Å². The lowest BCUT2D eigenvalue weighted by molar-refractivity contribution is 0.253. The third-order valence-electron chi connectivity index (χ3n) is 5.51. The molecule has 4 aromatic rings. The minimum absolute atomic E-state index is 0.256. The van der Waals surface area contributed by atoms with Gasteiger partial charge < -0.3 is 25.3 Å². The second-order valence-electron chi connectivity index (χ2n) is 8.13. The molecule has 0 saturated carbocycles. The van der Waals surface area contributed by atoms with Crippen LogP contribution in [0.25, 0.3) is 22.2 Å². The largest absolute Gasteiger partial charge is 0.497 e. The molecule has 6 heteroatoms. The number of nitrogens with one attached hydrogen (secondary N) is 3. The zero-order valence-corrected chi connectivity index (χ0v) is 20.9. The molecule has 0 spiro atoms. The van der Waals surface area contributed by atoms with Crippen LogP contribution in [0.3, 0.4) is 0 Å². The summed E-state index contributed by atoms with van der Waals surface area (Å²) in [6.07, 6.45) is 1.65. The van der Waals surface area contributed by atoms with Gasteiger partial charge >= 0.3 is 6.03 Å². The van der Waals surface area contributed by atoms with Crippen molar-refractivity contribution < 1.29 is 9.53 Å². The van der Waals surface area contributed by atoms with Crippen LogP contribution in [0.1, 0.15) is 11.1 Å². The molecule has 182 valence electrons. The Hall–Kier alpha value is -4.03. The van der Waals surface area contributed by atoms with Crippen molar-refractivity contribution in [3.8, 4) is 17.0 Å². The van der Waals surface area contributed by atoms with Crippen LogP contribution in [0.2, 0.25) is 0 Å². The molecular formula is C29H34N4O2. The second-order valence-corrected chi connectivity index (χ2v) is 8.13. The van der Waals surface area contributed by atoms with Gasteiger partial charge in [0.15, 0.2) is 0 Å². The zero-order chi connectivity index (χ0) is 25.2. The smallest absolute Gasteiger partial charge is 0.319 e. The number of nitrogens with zero attached hydrogens (tertiary/aromatic N) is 1. The van der Waals surface area contributed by atoms with Crippen molar-refractivity contribution in [1.82, 2.24) is 15.2 Å². The summed E-state index contributed by atoms with van der Waals surface area (Å²) in [5.74, 6) is 0.824. The van der Waals surface area contributed by atoms with Crippen LogP contribution in [-0.2, 0) is 6.54 Å². The van der Waals surface area contributed by atoms with Crippen LogP contribution in [0.4, 0.5) is 10.5 Å². The number of aryl methyl sites for hydroxylation is 1. The van der Waals surface area contributed by atoms with Crippen LogP contribution in [0.5, 0.6) is 5.75 Å². The Morgan fingerprint density at radius 2 is 1.77 bits per heavy atom. The SMILES string of the molecule is C=CCNC(=O)Nc1cccc(-c2c(C)c3ccc(OC)cc3n2Cc2ccccc2)c1.CNC. The summed E-state index contributed by atoms with van der Waals surface area (Å²) in [5.41, 5.74) is 6.40. The zero-order valence-electron chi connectivity index (χ0n) is 20.9. The van der Waals surface area contributed by atoms with E-state index in [2.05, 4.69) is 76.5 Å². The highest BCUT2D eigenvalue weighted by molar-refractivity contribution is 5.94. The van der Waals surface area contributed by atoms with Gasteiger partial charge in [0, 0.05) is 35.8 Å². The Morgan fingerprint density at radius 1 is 1.03 bits per heavy atom. The maximum atomic E-state index is 12.1. The number of fused-ring (bicyclic) bond motifs is 1. The van der Waals surface area contributed by atoms with E-state index in [9.17, 15) is 4.79 Å². The van der Waals surface area contributed by atoms with E-state index in [1.807, 2.05) is 44.4 Å². The summed E-state index contributed by atoms with van der Waals surface area (Å²) in [5, 5.41) is 9.57. The van der Waals surface area contributed by atoms with Gasteiger partial charge in [0.25, 0.3) is 0 Å². The van der Waals surface area contributed by atoms with E-state index in [0.29, 0.717) is 6.54 Å². The molecule has 3 N–H and O–H groups in total. The molecule has 0 radical (unpaired) electrons. The summed E-state index contributed by atoms with van der Waals surface area (Å²) in [7, 11) is 5.44. The first-order chi connectivity index (χ1) is 17.0. The molecule has 35 heavy (non-hydrogen) atoms. The van der Waals surface area contributed by atoms with Crippen molar-refractivity contribution in [3.63, 3.8) is 0 Å². The number of aromatic nitrogens is 1. The predicted molar refractivity (Wildman–Crippen MR) is 146 cm³/mol. The Balaban J connectivity index is 0.00000108. The van der Waals surface area contributed by atoms with Gasteiger partial charge in [-0.15, -0.1) is 6.58 Å². The third-order valence-corrected chi connectivity index (χ3v) is 5.51. The number of rotatable bonds is 7. The fraction of sp³-hybridized carbons (Fsp3) is 0.207. The number of anilines is 1. The maximum absolute atomic E-state index is 12.1. The number of urea groups is 1. The maximum Gasteiger partial charge on any atom is 0.319 e. The number of carbonyl (C=O) groups is 1. The lowest BCUT2D eigenvalue weighted by Gasteiger charge is -2.14. The molecule has 0 unspecified atom stereocenters. The minimum Gasteiger partial charge on any atom is -0.497 e. The number of ether oxygens (including phenoxy) is 1. The van der Waals surface area contributed by atoms with Gasteiger partial charge in [0.1, 0.15) is 5.75 Å². The van der Waals surface area contributed by atoms with Crippen molar-refractivity contribution in [3.05, 3.63) is 96.6 Å². The summed E-state index contributed by atoms with van der Waals surface area (Å²) in [6, 6.07) is 24.3. The van der Waals surface area contributed by atoms with Crippen molar-refractivity contribution in [1.29, 1.82) is 0 Å². The first-order valence-corrected chi connectivity index (χ1v) is 11.6. The standard InChI is InChI=1S/C27H27N3O2.C2H7N/c1-4-15-28-27(31)29-22-12-8-11-21(16-22)26-19(2)24-14-13-23(32-3)17-25(24)30(26)18-20-9-6-5-7-10-20;1-3-2/h4-14,16-17H,1,15,18H2,2-3H3,(H2,28,29,31);3H,1-2H3. The van der Waals surface area contributed by atoms with Gasteiger partial charge in [0.2, 0.25) is 0 Å². The average molecular weight is 471 g/mol. The number of hydrogen-bond donors (Lipinski definition) is 3. The Labute approximate surface area is 207 Å². The fourth-order valence-corrected chi connectivity index (χ4v) is 4.02. The molecule has 3 aromatic carbocycles. The molecule has 0 atom stereocenters. The van der Waals surface area contributed by atoms with Crippen molar-refractivity contribution in [2.75, 3.05) is 33.1 Å². The molecular weight excluding hydrogens is 436 g/mol. The minimum atomic E-state index is -0.256. The molecule has 1 aromatic heterocycles. The topological polar surface area (TPSA) is 67.3 Å². The van der Waals surface area contributed by atoms with Crippen LogP contribution in [-0.4, -0.2) is 38.3 Å². The van der Waals surface area contributed by atoms with Crippen LogP contribution < -0.4 is 20.7 Å². The second kappa shape index (κ2) is 12.4. The number of hydrogen-bond acceptors (Lipinski definition) is 3. The molecule has 2 amide bonds. The highest BCUT2D eigenvalue weighted by atomic mass is 16.5. The molecule has 1 heterocycles. The van der Waals surface area contributed by atoms with E-state index >= 15 is 0 Å². The lowest BCUT2D eigenvalue weighted by Crippen LogP contribution is -2.28. The van der Waals surface area contributed by atoms with E-state index in [0.717, 1.165) is 34.8 Å². The number of methoxy groups -OCH3 is 1. The Bertz CT molecular complexity index is 1280. The van der Waals surface area contributed by atoms with E-state index in [4.69, 9.17) is 4.74 Å². The normalized spacial score (nSPS) is 10.3. The van der Waals surface area contributed by atoms with E-state index in [1.54, 1.807) is 13.2 Å². The molecule has 0 aliphatic heterocycles. The highest BCUT2D eigenvalue weighted by Crippen LogP contribution is 2.36. The average Bonchev–Trinajstić information content (AvgIpc) is 3.14. The van der Waals surface area contributed by atoms with Gasteiger partial charge in [-0.3, -0.25) is 0 Å². The Morgan fingerprint density at radius 3 is 2.46 bits per heavy atom. The molecule has 4 rings (SSSR count). The predicted octanol–water partition coefficient (Wildman–Crippen LogP) is 5.82. The lowest BCUT2D eigenvalue weighted by atomic mass is 10.1. The molecule has 0 fully saturated rings. The molecule has 0 saturated heterocycles. The summed E-state index contributed by atoms with van der Waals surface area (Å²) < 4.78 is 7.82.